The number of aliphatic hydroxyl groups excluding tert-OH is 1. The molecular weight excluding hydrogens is 383 g/mol. The lowest BCUT2D eigenvalue weighted by molar-refractivity contribution is 0.187. The van der Waals surface area contributed by atoms with Gasteiger partial charge in [-0.25, -0.2) is 4.99 Å². The Morgan fingerprint density at radius 3 is 2.90 bits per heavy atom. The largest absolute Gasteiger partial charge is 0.391 e. The SMILES string of the molecule is CCNC(=NCc1cc(C(C)C)no1)N1CC[C@@H](O)C1.I. The van der Waals surface area contributed by atoms with E-state index in [1.807, 2.05) is 13.0 Å². The molecule has 0 spiro atoms. The van der Waals surface area contributed by atoms with Crippen LogP contribution in [0.25, 0.3) is 0 Å². The number of guanidine groups is 1. The van der Waals surface area contributed by atoms with Gasteiger partial charge in [0, 0.05) is 25.7 Å². The van der Waals surface area contributed by atoms with Crippen LogP contribution in [0.5, 0.6) is 0 Å². The molecule has 1 aliphatic heterocycles. The molecule has 0 aliphatic carbocycles. The highest BCUT2D eigenvalue weighted by Crippen LogP contribution is 2.15. The summed E-state index contributed by atoms with van der Waals surface area (Å²) in [5.74, 6) is 1.95. The second kappa shape index (κ2) is 8.57. The Kier molecular flexibility index (Phi) is 7.44. The highest BCUT2D eigenvalue weighted by Gasteiger charge is 2.22. The van der Waals surface area contributed by atoms with Crippen molar-refractivity contribution in [2.45, 2.75) is 45.8 Å². The molecule has 1 aromatic heterocycles. The summed E-state index contributed by atoms with van der Waals surface area (Å²) in [5.41, 5.74) is 0.955. The summed E-state index contributed by atoms with van der Waals surface area (Å²) in [4.78, 5) is 6.64. The summed E-state index contributed by atoms with van der Waals surface area (Å²) < 4.78 is 5.29. The van der Waals surface area contributed by atoms with Crippen molar-refractivity contribution in [3.63, 3.8) is 0 Å². The predicted molar refractivity (Wildman–Crippen MR) is 93.0 cm³/mol. The number of β-amino-alcohol motifs (C(OH)–C–C–N with tert-alkyl or cyclic N) is 1. The van der Waals surface area contributed by atoms with Crippen molar-refractivity contribution in [3.05, 3.63) is 17.5 Å². The number of aliphatic hydroxyl groups is 1. The number of hydrogen-bond acceptors (Lipinski definition) is 4. The average Bonchev–Trinajstić information content (AvgIpc) is 3.03. The minimum Gasteiger partial charge on any atom is -0.391 e. The van der Waals surface area contributed by atoms with Crippen LogP contribution in [-0.4, -0.2) is 46.9 Å². The molecule has 1 aliphatic rings. The molecule has 1 aromatic rings. The number of nitrogens with zero attached hydrogens (tertiary/aromatic N) is 3. The number of hydrogen-bond donors (Lipinski definition) is 2. The van der Waals surface area contributed by atoms with Crippen LogP contribution < -0.4 is 5.32 Å². The van der Waals surface area contributed by atoms with Crippen LogP contribution in [0, 0.1) is 0 Å². The Labute approximate surface area is 143 Å². The molecule has 2 N–H and O–H groups in total. The lowest BCUT2D eigenvalue weighted by Crippen LogP contribution is -2.40. The molecule has 1 fully saturated rings. The summed E-state index contributed by atoms with van der Waals surface area (Å²) >= 11 is 0. The molecule has 0 radical (unpaired) electrons. The summed E-state index contributed by atoms with van der Waals surface area (Å²) in [6, 6.07) is 1.95. The number of halogens is 1. The summed E-state index contributed by atoms with van der Waals surface area (Å²) in [6.07, 6.45) is 0.543. The van der Waals surface area contributed by atoms with Gasteiger partial charge in [-0.2, -0.15) is 0 Å². The van der Waals surface area contributed by atoms with Crippen molar-refractivity contribution in [1.29, 1.82) is 0 Å². The third kappa shape index (κ3) is 5.14. The van der Waals surface area contributed by atoms with Crippen molar-refractivity contribution < 1.29 is 9.63 Å². The van der Waals surface area contributed by atoms with Crippen LogP contribution in [-0.2, 0) is 6.54 Å². The van der Waals surface area contributed by atoms with E-state index in [0.29, 0.717) is 19.0 Å². The van der Waals surface area contributed by atoms with Crippen molar-refractivity contribution in [3.8, 4) is 0 Å². The molecule has 0 amide bonds. The highest BCUT2D eigenvalue weighted by atomic mass is 127. The maximum atomic E-state index is 9.61. The zero-order valence-corrected chi connectivity index (χ0v) is 15.2. The van der Waals surface area contributed by atoms with Gasteiger partial charge in [0.05, 0.1) is 11.8 Å². The normalized spacial score (nSPS) is 19.0. The Bertz CT molecular complexity index is 462. The van der Waals surface area contributed by atoms with Crippen LogP contribution in [0.3, 0.4) is 0 Å². The predicted octanol–water partition coefficient (Wildman–Crippen LogP) is 1.95. The van der Waals surface area contributed by atoms with Crippen molar-refractivity contribution in [2.75, 3.05) is 19.6 Å². The first-order valence-electron chi connectivity index (χ1n) is 7.27. The van der Waals surface area contributed by atoms with Gasteiger partial charge in [-0.3, -0.25) is 0 Å². The fraction of sp³-hybridized carbons (Fsp3) is 0.714. The number of aliphatic imine (C=N–C) groups is 1. The smallest absolute Gasteiger partial charge is 0.194 e. The zero-order valence-electron chi connectivity index (χ0n) is 12.9. The summed E-state index contributed by atoms with van der Waals surface area (Å²) in [6.45, 7) is 8.95. The molecule has 6 nitrogen and oxygen atoms in total. The lowest BCUT2D eigenvalue weighted by atomic mass is 10.1. The van der Waals surface area contributed by atoms with E-state index in [1.165, 1.54) is 0 Å². The van der Waals surface area contributed by atoms with Crippen molar-refractivity contribution >= 4 is 29.9 Å². The third-order valence-corrected chi connectivity index (χ3v) is 3.35. The van der Waals surface area contributed by atoms with Crippen LogP contribution in [0.15, 0.2) is 15.6 Å². The highest BCUT2D eigenvalue weighted by molar-refractivity contribution is 14.0. The van der Waals surface area contributed by atoms with E-state index in [-0.39, 0.29) is 30.1 Å². The Hall–Kier alpha value is -0.830. The van der Waals surface area contributed by atoms with Crippen LogP contribution in [0.2, 0.25) is 0 Å². The Balaban J connectivity index is 0.00000220. The minimum absolute atomic E-state index is 0. The van der Waals surface area contributed by atoms with Gasteiger partial charge in [0.1, 0.15) is 6.54 Å². The number of likely N-dealkylation sites (tertiary alicyclic amines) is 1. The Morgan fingerprint density at radius 1 is 1.62 bits per heavy atom. The molecule has 2 rings (SSSR count). The second-order valence-corrected chi connectivity index (χ2v) is 5.43. The van der Waals surface area contributed by atoms with Crippen LogP contribution in [0.1, 0.15) is 44.6 Å². The minimum atomic E-state index is -0.253. The molecule has 0 saturated carbocycles. The number of aromatic nitrogens is 1. The van der Waals surface area contributed by atoms with Gasteiger partial charge < -0.3 is 19.8 Å². The molecule has 0 aromatic carbocycles. The van der Waals surface area contributed by atoms with E-state index in [0.717, 1.165) is 36.9 Å². The van der Waals surface area contributed by atoms with Crippen LogP contribution >= 0.6 is 24.0 Å². The standard InChI is InChI=1S/C14H24N4O2.HI/c1-4-15-14(18-6-5-11(19)9-18)16-8-12-7-13(10(2)3)17-20-12;/h7,10-11,19H,4-6,8-9H2,1-3H3,(H,15,16);1H/t11-;/m1./s1. The third-order valence-electron chi connectivity index (χ3n) is 3.35. The molecule has 120 valence electrons. The van der Waals surface area contributed by atoms with Gasteiger partial charge in [-0.15, -0.1) is 24.0 Å². The molecular formula is C14H25IN4O2. The van der Waals surface area contributed by atoms with Gasteiger partial charge in [-0.05, 0) is 19.3 Å². The maximum Gasteiger partial charge on any atom is 0.194 e. The molecule has 7 heteroatoms. The first kappa shape index (κ1) is 18.2. The first-order valence-corrected chi connectivity index (χ1v) is 7.27. The molecule has 1 atom stereocenters. The molecule has 21 heavy (non-hydrogen) atoms. The number of rotatable bonds is 4. The van der Waals surface area contributed by atoms with E-state index in [4.69, 9.17) is 4.52 Å². The first-order chi connectivity index (χ1) is 9.60. The molecule has 0 unspecified atom stereocenters. The quantitative estimate of drug-likeness (QED) is 0.453. The monoisotopic (exact) mass is 408 g/mol. The van der Waals surface area contributed by atoms with E-state index in [2.05, 4.69) is 34.2 Å². The fourth-order valence-corrected chi connectivity index (χ4v) is 2.19. The molecule has 1 saturated heterocycles. The molecule has 0 bridgehead atoms. The topological polar surface area (TPSA) is 73.9 Å². The summed E-state index contributed by atoms with van der Waals surface area (Å²) in [5, 5.41) is 16.9. The molecule has 2 heterocycles. The van der Waals surface area contributed by atoms with E-state index in [1.54, 1.807) is 0 Å². The van der Waals surface area contributed by atoms with Gasteiger partial charge >= 0.3 is 0 Å². The van der Waals surface area contributed by atoms with E-state index >= 15 is 0 Å². The second-order valence-electron chi connectivity index (χ2n) is 5.43. The van der Waals surface area contributed by atoms with Gasteiger partial charge in [0.2, 0.25) is 0 Å². The van der Waals surface area contributed by atoms with Gasteiger partial charge in [-0.1, -0.05) is 19.0 Å². The van der Waals surface area contributed by atoms with E-state index in [9.17, 15) is 5.11 Å². The summed E-state index contributed by atoms with van der Waals surface area (Å²) in [7, 11) is 0. The number of nitrogens with one attached hydrogen (secondary N) is 1. The van der Waals surface area contributed by atoms with Gasteiger partial charge in [0.15, 0.2) is 11.7 Å². The average molecular weight is 408 g/mol. The van der Waals surface area contributed by atoms with Gasteiger partial charge in [0.25, 0.3) is 0 Å². The Morgan fingerprint density at radius 2 is 2.38 bits per heavy atom. The fourth-order valence-electron chi connectivity index (χ4n) is 2.19. The van der Waals surface area contributed by atoms with E-state index < -0.39 is 0 Å². The van der Waals surface area contributed by atoms with Crippen molar-refractivity contribution in [2.24, 2.45) is 4.99 Å². The lowest BCUT2D eigenvalue weighted by Gasteiger charge is -2.20. The van der Waals surface area contributed by atoms with Crippen LogP contribution in [0.4, 0.5) is 0 Å². The zero-order chi connectivity index (χ0) is 14.5. The van der Waals surface area contributed by atoms with Crippen molar-refractivity contribution in [1.82, 2.24) is 15.4 Å². The maximum absolute atomic E-state index is 9.61.